The molecule has 0 radical (unpaired) electrons. The Balaban J connectivity index is 2.42. The highest BCUT2D eigenvalue weighted by molar-refractivity contribution is 5.75. The van der Waals surface area contributed by atoms with Gasteiger partial charge in [-0.15, -0.1) is 0 Å². The molecule has 0 aliphatic carbocycles. The molecule has 17 heavy (non-hydrogen) atoms. The summed E-state index contributed by atoms with van der Waals surface area (Å²) in [5, 5.41) is 9.31. The SMILES string of the molecule is C=C[n+]1ccn(C(C(=O)O)c2ccccc2)c1. The molecule has 2 rings (SSSR count). The van der Waals surface area contributed by atoms with E-state index in [0.717, 1.165) is 5.56 Å². The van der Waals surface area contributed by atoms with Gasteiger partial charge in [0, 0.05) is 5.56 Å². The number of carbonyl (C=O) groups is 1. The van der Waals surface area contributed by atoms with Gasteiger partial charge in [-0.3, -0.25) is 0 Å². The smallest absolute Gasteiger partial charge is 0.354 e. The maximum absolute atomic E-state index is 11.3. The normalized spacial score (nSPS) is 12.0. The van der Waals surface area contributed by atoms with E-state index in [1.807, 2.05) is 18.2 Å². The maximum atomic E-state index is 11.3. The van der Waals surface area contributed by atoms with E-state index in [-0.39, 0.29) is 0 Å². The number of imidazole rings is 1. The minimum absolute atomic E-state index is 0.711. The van der Waals surface area contributed by atoms with Crippen LogP contribution in [0, 0.1) is 0 Å². The average molecular weight is 229 g/mol. The molecule has 1 N–H and O–H groups in total. The van der Waals surface area contributed by atoms with Crippen molar-refractivity contribution in [1.82, 2.24) is 4.57 Å². The first-order valence-electron chi connectivity index (χ1n) is 5.21. The zero-order valence-electron chi connectivity index (χ0n) is 9.23. The number of carboxylic acids is 1. The number of carboxylic acid groups (broad SMARTS) is 1. The Hall–Kier alpha value is -2.36. The van der Waals surface area contributed by atoms with Gasteiger partial charge in [-0.25, -0.2) is 13.9 Å². The molecule has 1 aromatic heterocycles. The summed E-state index contributed by atoms with van der Waals surface area (Å²) in [6, 6.07) is 8.42. The Morgan fingerprint density at radius 1 is 1.41 bits per heavy atom. The van der Waals surface area contributed by atoms with Crippen molar-refractivity contribution in [2.24, 2.45) is 0 Å². The molecule has 4 nitrogen and oxygen atoms in total. The van der Waals surface area contributed by atoms with Crippen LogP contribution in [0.1, 0.15) is 11.6 Å². The number of rotatable bonds is 4. The van der Waals surface area contributed by atoms with Gasteiger partial charge in [-0.05, 0) is 0 Å². The van der Waals surface area contributed by atoms with Crippen molar-refractivity contribution in [3.05, 3.63) is 61.2 Å². The first kappa shape index (κ1) is 11.1. The molecular formula is C13H13N2O2+. The van der Waals surface area contributed by atoms with Crippen LogP contribution < -0.4 is 4.57 Å². The Kier molecular flexibility index (Phi) is 3.05. The van der Waals surface area contributed by atoms with Crippen molar-refractivity contribution >= 4 is 12.2 Å². The lowest BCUT2D eigenvalue weighted by Gasteiger charge is -2.08. The van der Waals surface area contributed by atoms with Crippen LogP contribution in [0.25, 0.3) is 6.20 Å². The molecule has 1 atom stereocenters. The number of hydrogen-bond donors (Lipinski definition) is 1. The summed E-state index contributed by atoms with van der Waals surface area (Å²) >= 11 is 0. The first-order chi connectivity index (χ1) is 8.22. The molecule has 1 unspecified atom stereocenters. The third-order valence-corrected chi connectivity index (χ3v) is 2.54. The van der Waals surface area contributed by atoms with Crippen molar-refractivity contribution in [1.29, 1.82) is 0 Å². The van der Waals surface area contributed by atoms with Gasteiger partial charge in [-0.1, -0.05) is 36.9 Å². The highest BCUT2D eigenvalue weighted by Gasteiger charge is 2.26. The van der Waals surface area contributed by atoms with Gasteiger partial charge in [-0.2, -0.15) is 0 Å². The highest BCUT2D eigenvalue weighted by atomic mass is 16.4. The molecule has 4 heteroatoms. The van der Waals surface area contributed by atoms with Crippen molar-refractivity contribution in [2.45, 2.75) is 6.04 Å². The van der Waals surface area contributed by atoms with E-state index in [0.29, 0.717) is 0 Å². The predicted molar refractivity (Wildman–Crippen MR) is 63.2 cm³/mol. The first-order valence-corrected chi connectivity index (χ1v) is 5.21. The van der Waals surface area contributed by atoms with E-state index in [1.165, 1.54) is 0 Å². The van der Waals surface area contributed by atoms with Crippen LogP contribution in [0.15, 0.2) is 55.6 Å². The number of hydrogen-bond acceptors (Lipinski definition) is 1. The predicted octanol–water partition coefficient (Wildman–Crippen LogP) is 1.55. The summed E-state index contributed by atoms with van der Waals surface area (Å²) in [4.78, 5) is 11.3. The lowest BCUT2D eigenvalue weighted by molar-refractivity contribution is -0.567. The standard InChI is InChI=1S/C13H12N2O2/c1-2-14-8-9-15(10-14)12(13(16)17)11-6-4-3-5-7-11/h2-10,12H,1H2/p+1. The molecule has 1 heterocycles. The summed E-state index contributed by atoms with van der Waals surface area (Å²) in [5.41, 5.74) is 0.742. The number of nitrogens with zero attached hydrogens (tertiary/aromatic N) is 2. The van der Waals surface area contributed by atoms with Gasteiger partial charge >= 0.3 is 5.97 Å². The summed E-state index contributed by atoms with van der Waals surface area (Å²) in [6.45, 7) is 3.62. The van der Waals surface area contributed by atoms with E-state index in [2.05, 4.69) is 6.58 Å². The minimum Gasteiger partial charge on any atom is -0.478 e. The summed E-state index contributed by atoms with van der Waals surface area (Å²) < 4.78 is 3.35. The molecule has 1 aromatic carbocycles. The monoisotopic (exact) mass is 229 g/mol. The van der Waals surface area contributed by atoms with E-state index >= 15 is 0 Å². The summed E-state index contributed by atoms with van der Waals surface area (Å²) in [7, 11) is 0. The Morgan fingerprint density at radius 2 is 2.12 bits per heavy atom. The molecule has 0 aliphatic rings. The van der Waals surface area contributed by atoms with Crippen LogP contribution in [0.3, 0.4) is 0 Å². The van der Waals surface area contributed by atoms with Crippen LogP contribution in [-0.2, 0) is 4.79 Å². The van der Waals surface area contributed by atoms with Crippen molar-refractivity contribution in [3.63, 3.8) is 0 Å². The molecule has 2 aromatic rings. The quantitative estimate of drug-likeness (QED) is 0.808. The Bertz CT molecular complexity index is 531. The molecule has 86 valence electrons. The molecule has 0 fully saturated rings. The van der Waals surface area contributed by atoms with Gasteiger partial charge in [0.25, 0.3) is 0 Å². The van der Waals surface area contributed by atoms with Gasteiger partial charge in [0.2, 0.25) is 12.4 Å². The molecule has 0 bridgehead atoms. The van der Waals surface area contributed by atoms with Crippen LogP contribution in [0.4, 0.5) is 0 Å². The van der Waals surface area contributed by atoms with Crippen molar-refractivity contribution in [3.8, 4) is 0 Å². The summed E-state index contributed by atoms with van der Waals surface area (Å²) in [5.74, 6) is -0.886. The number of benzene rings is 1. The third-order valence-electron chi connectivity index (χ3n) is 2.54. The van der Waals surface area contributed by atoms with E-state index in [4.69, 9.17) is 0 Å². The second-order valence-corrected chi connectivity index (χ2v) is 3.64. The van der Waals surface area contributed by atoms with E-state index in [9.17, 15) is 9.90 Å². The number of aromatic nitrogens is 2. The third kappa shape index (κ3) is 2.25. The molecule has 0 aliphatic heterocycles. The zero-order chi connectivity index (χ0) is 12.3. The lowest BCUT2D eigenvalue weighted by atomic mass is 10.1. The Labute approximate surface area is 99.1 Å². The maximum Gasteiger partial charge on any atom is 0.354 e. The number of aliphatic carboxylic acids is 1. The second kappa shape index (κ2) is 4.65. The average Bonchev–Trinajstić information content (AvgIpc) is 2.79. The van der Waals surface area contributed by atoms with E-state index in [1.54, 1.807) is 46.2 Å². The molecule has 0 amide bonds. The fourth-order valence-corrected chi connectivity index (χ4v) is 1.72. The molecule has 0 spiro atoms. The van der Waals surface area contributed by atoms with Crippen LogP contribution >= 0.6 is 0 Å². The van der Waals surface area contributed by atoms with Crippen molar-refractivity contribution in [2.75, 3.05) is 0 Å². The highest BCUT2D eigenvalue weighted by Crippen LogP contribution is 2.17. The molecular weight excluding hydrogens is 216 g/mol. The van der Waals surface area contributed by atoms with Crippen molar-refractivity contribution < 1.29 is 14.5 Å². The fraction of sp³-hybridized carbons (Fsp3) is 0.0769. The van der Waals surface area contributed by atoms with Gasteiger partial charge in [0.1, 0.15) is 12.4 Å². The molecule has 0 saturated carbocycles. The van der Waals surface area contributed by atoms with Gasteiger partial charge in [0.15, 0.2) is 0 Å². The molecule has 0 saturated heterocycles. The topological polar surface area (TPSA) is 46.1 Å². The van der Waals surface area contributed by atoms with Crippen LogP contribution in [-0.4, -0.2) is 15.6 Å². The van der Waals surface area contributed by atoms with E-state index < -0.39 is 12.0 Å². The van der Waals surface area contributed by atoms with Gasteiger partial charge in [0.05, 0.1) is 6.20 Å². The minimum atomic E-state index is -0.886. The summed E-state index contributed by atoms with van der Waals surface area (Å²) in [6.07, 6.45) is 6.78. The van der Waals surface area contributed by atoms with Crippen LogP contribution in [0.5, 0.6) is 0 Å². The lowest BCUT2D eigenvalue weighted by Crippen LogP contribution is -2.24. The second-order valence-electron chi connectivity index (χ2n) is 3.64. The Morgan fingerprint density at radius 3 is 2.65 bits per heavy atom. The largest absolute Gasteiger partial charge is 0.478 e. The zero-order valence-corrected chi connectivity index (χ0v) is 9.23. The van der Waals surface area contributed by atoms with Gasteiger partial charge < -0.3 is 5.11 Å². The fourth-order valence-electron chi connectivity index (χ4n) is 1.72. The van der Waals surface area contributed by atoms with Crippen LogP contribution in [0.2, 0.25) is 0 Å².